The van der Waals surface area contributed by atoms with E-state index in [1.54, 1.807) is 6.07 Å². The second-order valence-electron chi connectivity index (χ2n) is 3.36. The lowest BCUT2D eigenvalue weighted by Crippen LogP contribution is -1.89. The highest BCUT2D eigenvalue weighted by molar-refractivity contribution is 5.43. The van der Waals surface area contributed by atoms with Gasteiger partial charge in [0.1, 0.15) is 0 Å². The largest absolute Gasteiger partial charge is 0.504 e. The van der Waals surface area contributed by atoms with E-state index < -0.39 is 0 Å². The first kappa shape index (κ1) is 8.17. The molecule has 2 nitrogen and oxygen atoms in total. The van der Waals surface area contributed by atoms with Crippen LogP contribution in [0.1, 0.15) is 24.3 Å². The Bertz CT molecular complexity index is 342. The maximum absolute atomic E-state index is 9.29. The Hall–Kier alpha value is -1.44. The van der Waals surface area contributed by atoms with E-state index in [1.807, 2.05) is 6.07 Å². The van der Waals surface area contributed by atoms with Crippen molar-refractivity contribution in [3.63, 3.8) is 0 Å². The van der Waals surface area contributed by atoms with Gasteiger partial charge in [0.05, 0.1) is 0 Å². The van der Waals surface area contributed by atoms with Crippen LogP contribution in [-0.2, 0) is 0 Å². The fourth-order valence-corrected chi connectivity index (χ4v) is 1.68. The summed E-state index contributed by atoms with van der Waals surface area (Å²) in [5, 5.41) is 18.4. The summed E-state index contributed by atoms with van der Waals surface area (Å²) in [7, 11) is 0. The second kappa shape index (κ2) is 3.13. The van der Waals surface area contributed by atoms with E-state index in [1.165, 1.54) is 6.07 Å². The average Bonchev–Trinajstić information content (AvgIpc) is 2.62. The summed E-state index contributed by atoms with van der Waals surface area (Å²) in [5.41, 5.74) is 1.07. The molecule has 2 rings (SSSR count). The number of hydrogen-bond donors (Lipinski definition) is 2. The predicted molar refractivity (Wildman–Crippen MR) is 50.9 cm³/mol. The van der Waals surface area contributed by atoms with Crippen LogP contribution in [0, 0.1) is 0 Å². The van der Waals surface area contributed by atoms with Gasteiger partial charge in [0.15, 0.2) is 11.5 Å². The van der Waals surface area contributed by atoms with Crippen molar-refractivity contribution in [2.24, 2.45) is 0 Å². The molecular formula is C11H12O2. The van der Waals surface area contributed by atoms with E-state index in [4.69, 9.17) is 5.11 Å². The fraction of sp³-hybridized carbons (Fsp3) is 0.273. The highest BCUT2D eigenvalue weighted by atomic mass is 16.3. The Morgan fingerprint density at radius 2 is 2.00 bits per heavy atom. The monoisotopic (exact) mass is 176 g/mol. The first-order valence-corrected chi connectivity index (χ1v) is 4.46. The maximum Gasteiger partial charge on any atom is 0.157 e. The zero-order valence-electron chi connectivity index (χ0n) is 7.27. The van der Waals surface area contributed by atoms with E-state index in [-0.39, 0.29) is 11.5 Å². The van der Waals surface area contributed by atoms with Crippen LogP contribution in [0.2, 0.25) is 0 Å². The topological polar surface area (TPSA) is 40.5 Å². The number of benzene rings is 1. The Kier molecular flexibility index (Phi) is 1.97. The van der Waals surface area contributed by atoms with Crippen molar-refractivity contribution in [2.45, 2.75) is 18.8 Å². The standard InChI is InChI=1S/C11H12O2/c12-10-6-5-9(7-11(10)13)8-3-1-2-4-8/h1,3,5-8,12-13H,2,4H2. The summed E-state index contributed by atoms with van der Waals surface area (Å²) in [6, 6.07) is 5.03. The van der Waals surface area contributed by atoms with E-state index >= 15 is 0 Å². The van der Waals surface area contributed by atoms with Crippen LogP contribution in [0.25, 0.3) is 0 Å². The molecule has 2 heteroatoms. The smallest absolute Gasteiger partial charge is 0.157 e. The zero-order chi connectivity index (χ0) is 9.26. The minimum absolute atomic E-state index is 0.0298. The number of rotatable bonds is 1. The molecule has 1 aliphatic rings. The van der Waals surface area contributed by atoms with Crippen LogP contribution >= 0.6 is 0 Å². The summed E-state index contributed by atoms with van der Waals surface area (Å²) in [6.45, 7) is 0. The highest BCUT2D eigenvalue weighted by Crippen LogP contribution is 2.33. The molecule has 1 unspecified atom stereocenters. The first-order chi connectivity index (χ1) is 6.27. The highest BCUT2D eigenvalue weighted by Gasteiger charge is 2.12. The molecule has 0 spiro atoms. The van der Waals surface area contributed by atoms with Gasteiger partial charge in [-0.15, -0.1) is 0 Å². The number of allylic oxidation sites excluding steroid dienone is 2. The predicted octanol–water partition coefficient (Wildman–Crippen LogP) is 2.53. The van der Waals surface area contributed by atoms with Gasteiger partial charge in [-0.3, -0.25) is 0 Å². The summed E-state index contributed by atoms with van der Waals surface area (Å²) < 4.78 is 0. The fourth-order valence-electron chi connectivity index (χ4n) is 1.68. The minimum Gasteiger partial charge on any atom is -0.504 e. The van der Waals surface area contributed by atoms with E-state index in [0.717, 1.165) is 18.4 Å². The molecule has 0 aromatic heterocycles. The Morgan fingerprint density at radius 1 is 1.15 bits per heavy atom. The van der Waals surface area contributed by atoms with Gasteiger partial charge in [-0.2, -0.15) is 0 Å². The quantitative estimate of drug-likeness (QED) is 0.510. The van der Waals surface area contributed by atoms with Gasteiger partial charge < -0.3 is 10.2 Å². The van der Waals surface area contributed by atoms with Crippen molar-refractivity contribution in [3.8, 4) is 11.5 Å². The van der Waals surface area contributed by atoms with Crippen LogP contribution in [0.4, 0.5) is 0 Å². The zero-order valence-corrected chi connectivity index (χ0v) is 7.27. The molecule has 0 saturated carbocycles. The lowest BCUT2D eigenvalue weighted by atomic mass is 9.98. The van der Waals surface area contributed by atoms with Crippen LogP contribution < -0.4 is 0 Å². The molecule has 0 bridgehead atoms. The molecule has 68 valence electrons. The lowest BCUT2D eigenvalue weighted by Gasteiger charge is -2.08. The summed E-state index contributed by atoms with van der Waals surface area (Å²) >= 11 is 0. The molecular weight excluding hydrogens is 164 g/mol. The molecule has 1 atom stereocenters. The first-order valence-electron chi connectivity index (χ1n) is 4.46. The molecule has 2 N–H and O–H groups in total. The second-order valence-corrected chi connectivity index (χ2v) is 3.36. The average molecular weight is 176 g/mol. The van der Waals surface area contributed by atoms with Crippen LogP contribution in [0.15, 0.2) is 30.4 Å². The van der Waals surface area contributed by atoms with Crippen molar-refractivity contribution in [3.05, 3.63) is 35.9 Å². The van der Waals surface area contributed by atoms with Crippen molar-refractivity contribution in [1.82, 2.24) is 0 Å². The van der Waals surface area contributed by atoms with Crippen molar-refractivity contribution < 1.29 is 10.2 Å². The van der Waals surface area contributed by atoms with Crippen molar-refractivity contribution in [1.29, 1.82) is 0 Å². The lowest BCUT2D eigenvalue weighted by molar-refractivity contribution is 0.403. The van der Waals surface area contributed by atoms with Gasteiger partial charge in [-0.1, -0.05) is 18.2 Å². The molecule has 13 heavy (non-hydrogen) atoms. The minimum atomic E-state index is -0.0503. The van der Waals surface area contributed by atoms with Crippen LogP contribution in [-0.4, -0.2) is 10.2 Å². The molecule has 0 saturated heterocycles. The van der Waals surface area contributed by atoms with Gasteiger partial charge in [-0.25, -0.2) is 0 Å². The third kappa shape index (κ3) is 1.52. The van der Waals surface area contributed by atoms with E-state index in [2.05, 4.69) is 12.2 Å². The van der Waals surface area contributed by atoms with Crippen molar-refractivity contribution >= 4 is 0 Å². The normalized spacial score (nSPS) is 20.8. The number of phenolic OH excluding ortho intramolecular Hbond substituents is 2. The third-order valence-corrected chi connectivity index (χ3v) is 2.44. The van der Waals surface area contributed by atoms with E-state index in [9.17, 15) is 5.11 Å². The SMILES string of the molecule is Oc1ccc(C2C=CCC2)cc1O. The molecule has 0 amide bonds. The molecule has 0 fully saturated rings. The van der Waals surface area contributed by atoms with Gasteiger partial charge in [0.25, 0.3) is 0 Å². The third-order valence-electron chi connectivity index (χ3n) is 2.44. The number of hydrogen-bond acceptors (Lipinski definition) is 2. The molecule has 1 aromatic carbocycles. The molecule has 1 aromatic rings. The van der Waals surface area contributed by atoms with Gasteiger partial charge in [0, 0.05) is 5.92 Å². The molecule has 0 radical (unpaired) electrons. The van der Waals surface area contributed by atoms with Gasteiger partial charge in [-0.05, 0) is 30.5 Å². The van der Waals surface area contributed by atoms with Crippen LogP contribution in [0.5, 0.6) is 11.5 Å². The molecule has 0 aliphatic heterocycles. The number of phenols is 2. The Morgan fingerprint density at radius 3 is 2.62 bits per heavy atom. The number of aromatic hydroxyl groups is 2. The van der Waals surface area contributed by atoms with Gasteiger partial charge in [0.2, 0.25) is 0 Å². The summed E-state index contributed by atoms with van der Waals surface area (Å²) in [5.74, 6) is 0.329. The Labute approximate surface area is 77.1 Å². The maximum atomic E-state index is 9.29. The summed E-state index contributed by atoms with van der Waals surface area (Å²) in [4.78, 5) is 0. The van der Waals surface area contributed by atoms with Crippen molar-refractivity contribution in [2.75, 3.05) is 0 Å². The summed E-state index contributed by atoms with van der Waals surface area (Å²) in [6.07, 6.45) is 6.50. The van der Waals surface area contributed by atoms with Gasteiger partial charge >= 0.3 is 0 Å². The van der Waals surface area contributed by atoms with Crippen LogP contribution in [0.3, 0.4) is 0 Å². The molecule has 1 aliphatic carbocycles. The van der Waals surface area contributed by atoms with E-state index in [0.29, 0.717) is 5.92 Å². The molecule has 0 heterocycles. The Balaban J connectivity index is 2.30.